The Balaban J connectivity index is 1.91. The Hall–Kier alpha value is -0.0151. The highest BCUT2D eigenvalue weighted by Gasteiger charge is 2.41. The van der Waals surface area contributed by atoms with Gasteiger partial charge in [-0.3, -0.25) is 0 Å². The maximum atomic E-state index is 5.68. The Bertz CT molecular complexity index is 225. The lowest BCUT2D eigenvalue weighted by molar-refractivity contribution is -0.183. The normalized spacial score (nSPS) is 47.8. The predicted molar refractivity (Wildman–Crippen MR) is 72.9 cm³/mol. The van der Waals surface area contributed by atoms with Gasteiger partial charge in [0.1, 0.15) is 7.28 Å². The van der Waals surface area contributed by atoms with E-state index in [1.165, 1.54) is 33.0 Å². The number of hydrogen-bond acceptors (Lipinski definition) is 2. The van der Waals surface area contributed by atoms with Crippen LogP contribution in [0.4, 0.5) is 0 Å². The molecule has 0 amide bonds. The molecule has 0 bridgehead atoms. The van der Waals surface area contributed by atoms with E-state index in [-0.39, 0.29) is 11.6 Å². The highest BCUT2D eigenvalue weighted by molar-refractivity contribution is 6.44. The SMILES string of the molecule is C[C@H]1CC[C@@](C)(B[C@]2(C)CO[C@H](C)OC2)CC1. The monoisotopic (exact) mass is 238 g/mol. The summed E-state index contributed by atoms with van der Waals surface area (Å²) >= 11 is 0. The summed E-state index contributed by atoms with van der Waals surface area (Å²) in [7, 11) is 1.25. The molecule has 0 aromatic heterocycles. The molecule has 2 rings (SSSR count). The first kappa shape index (κ1) is 13.4. The van der Waals surface area contributed by atoms with E-state index >= 15 is 0 Å². The minimum atomic E-state index is -0.0118. The summed E-state index contributed by atoms with van der Waals surface area (Å²) in [5.41, 5.74) is 0. The van der Waals surface area contributed by atoms with Gasteiger partial charge in [-0.25, -0.2) is 0 Å². The van der Waals surface area contributed by atoms with Crippen molar-refractivity contribution in [3.05, 3.63) is 0 Å². The van der Waals surface area contributed by atoms with Crippen molar-refractivity contribution in [3.8, 4) is 0 Å². The Morgan fingerprint density at radius 1 is 0.941 bits per heavy atom. The highest BCUT2D eigenvalue weighted by atomic mass is 16.7. The van der Waals surface area contributed by atoms with Crippen LogP contribution in [0, 0.1) is 5.92 Å². The maximum Gasteiger partial charge on any atom is 0.154 e. The minimum absolute atomic E-state index is 0.0118. The van der Waals surface area contributed by atoms with Crippen molar-refractivity contribution in [1.82, 2.24) is 0 Å². The van der Waals surface area contributed by atoms with Gasteiger partial charge in [0.05, 0.1) is 13.2 Å². The van der Waals surface area contributed by atoms with Crippen LogP contribution in [0.5, 0.6) is 0 Å². The van der Waals surface area contributed by atoms with Crippen molar-refractivity contribution in [2.75, 3.05) is 13.2 Å². The molecule has 1 aliphatic carbocycles. The Labute approximate surface area is 107 Å². The molecular formula is C14H27BO2. The standard InChI is InChI=1S/C14H27BO2/c1-11-5-7-13(3,8-6-11)15-14(4)9-16-12(2)17-10-14/h11-12,15H,5-10H2,1-4H3/t11-,12-,13+,14+. The lowest BCUT2D eigenvalue weighted by atomic mass is 9.37. The van der Waals surface area contributed by atoms with Crippen molar-refractivity contribution in [2.45, 2.75) is 70.3 Å². The van der Waals surface area contributed by atoms with E-state index in [2.05, 4.69) is 20.8 Å². The van der Waals surface area contributed by atoms with E-state index in [9.17, 15) is 0 Å². The van der Waals surface area contributed by atoms with Crippen molar-refractivity contribution in [3.63, 3.8) is 0 Å². The van der Waals surface area contributed by atoms with Crippen LogP contribution in [0.25, 0.3) is 0 Å². The number of ether oxygens (including phenoxy) is 2. The third-order valence-electron chi connectivity index (χ3n) is 4.67. The molecule has 17 heavy (non-hydrogen) atoms. The van der Waals surface area contributed by atoms with Gasteiger partial charge in [-0.05, 0) is 18.2 Å². The molecular weight excluding hydrogens is 211 g/mol. The summed E-state index contributed by atoms with van der Waals surface area (Å²) in [6.07, 6.45) is 5.52. The highest BCUT2D eigenvalue weighted by Crippen LogP contribution is 2.49. The fourth-order valence-corrected chi connectivity index (χ4v) is 3.50. The second-order valence-corrected chi connectivity index (χ2v) is 7.17. The van der Waals surface area contributed by atoms with Gasteiger partial charge in [-0.1, -0.05) is 51.8 Å². The summed E-state index contributed by atoms with van der Waals surface area (Å²) in [4.78, 5) is 0. The lowest BCUT2D eigenvalue weighted by Crippen LogP contribution is -2.42. The fraction of sp³-hybridized carbons (Fsp3) is 1.00. The molecule has 2 aliphatic rings. The van der Waals surface area contributed by atoms with Crippen molar-refractivity contribution in [2.24, 2.45) is 5.92 Å². The summed E-state index contributed by atoms with van der Waals surface area (Å²) < 4.78 is 11.4. The average Bonchev–Trinajstić information content (AvgIpc) is 2.28. The van der Waals surface area contributed by atoms with Gasteiger partial charge in [0.2, 0.25) is 0 Å². The molecule has 1 aliphatic heterocycles. The molecule has 1 saturated carbocycles. The smallest absolute Gasteiger partial charge is 0.154 e. The molecule has 0 radical (unpaired) electrons. The van der Waals surface area contributed by atoms with Crippen LogP contribution in [0.15, 0.2) is 0 Å². The summed E-state index contributed by atoms with van der Waals surface area (Å²) in [6.45, 7) is 10.9. The van der Waals surface area contributed by atoms with Gasteiger partial charge in [-0.15, -0.1) is 0 Å². The first-order chi connectivity index (χ1) is 7.91. The van der Waals surface area contributed by atoms with Crippen LogP contribution >= 0.6 is 0 Å². The van der Waals surface area contributed by atoms with Gasteiger partial charge < -0.3 is 9.47 Å². The fourth-order valence-electron chi connectivity index (χ4n) is 3.50. The third-order valence-corrected chi connectivity index (χ3v) is 4.67. The quantitative estimate of drug-likeness (QED) is 0.686. The Morgan fingerprint density at radius 3 is 2.00 bits per heavy atom. The molecule has 0 atom stereocenters. The molecule has 0 unspecified atom stereocenters. The van der Waals surface area contributed by atoms with Crippen molar-refractivity contribution >= 4 is 7.28 Å². The van der Waals surface area contributed by atoms with E-state index < -0.39 is 0 Å². The van der Waals surface area contributed by atoms with Crippen LogP contribution in [0.3, 0.4) is 0 Å². The third kappa shape index (κ3) is 3.48. The van der Waals surface area contributed by atoms with Gasteiger partial charge in [0, 0.05) is 0 Å². The maximum absolute atomic E-state index is 5.68. The zero-order valence-corrected chi connectivity index (χ0v) is 11.9. The van der Waals surface area contributed by atoms with Crippen LogP contribution in [-0.2, 0) is 9.47 Å². The van der Waals surface area contributed by atoms with Crippen molar-refractivity contribution < 1.29 is 9.47 Å². The van der Waals surface area contributed by atoms with E-state index in [1.54, 1.807) is 0 Å². The van der Waals surface area contributed by atoms with Crippen LogP contribution in [-0.4, -0.2) is 26.8 Å². The van der Waals surface area contributed by atoms with Crippen LogP contribution in [0.2, 0.25) is 10.6 Å². The Kier molecular flexibility index (Phi) is 3.89. The van der Waals surface area contributed by atoms with Gasteiger partial charge in [-0.2, -0.15) is 0 Å². The van der Waals surface area contributed by atoms with Gasteiger partial charge >= 0.3 is 0 Å². The number of hydrogen-bond donors (Lipinski definition) is 0. The zero-order valence-electron chi connectivity index (χ0n) is 11.9. The molecule has 0 spiro atoms. The first-order valence-electron chi connectivity index (χ1n) is 7.14. The molecule has 1 saturated heterocycles. The Morgan fingerprint density at radius 2 is 1.47 bits per heavy atom. The molecule has 0 aromatic rings. The number of rotatable bonds is 2. The van der Waals surface area contributed by atoms with E-state index in [4.69, 9.17) is 9.47 Å². The minimum Gasteiger partial charge on any atom is -0.353 e. The van der Waals surface area contributed by atoms with Crippen molar-refractivity contribution in [1.29, 1.82) is 0 Å². The van der Waals surface area contributed by atoms with E-state index in [1.807, 2.05) is 6.92 Å². The molecule has 0 N–H and O–H groups in total. The second kappa shape index (κ2) is 4.93. The largest absolute Gasteiger partial charge is 0.353 e. The van der Waals surface area contributed by atoms with Crippen LogP contribution in [0.1, 0.15) is 53.4 Å². The first-order valence-corrected chi connectivity index (χ1v) is 7.14. The summed E-state index contributed by atoms with van der Waals surface area (Å²) in [5, 5.41) is 0.733. The molecule has 1 heterocycles. The molecule has 0 aromatic carbocycles. The molecule has 98 valence electrons. The lowest BCUT2D eigenvalue weighted by Gasteiger charge is -2.44. The molecule has 3 heteroatoms. The molecule has 2 fully saturated rings. The average molecular weight is 238 g/mol. The van der Waals surface area contributed by atoms with E-state index in [0.29, 0.717) is 5.31 Å². The molecule has 2 nitrogen and oxygen atoms in total. The van der Waals surface area contributed by atoms with Gasteiger partial charge in [0.25, 0.3) is 0 Å². The van der Waals surface area contributed by atoms with E-state index in [0.717, 1.165) is 19.1 Å². The van der Waals surface area contributed by atoms with Gasteiger partial charge in [0.15, 0.2) is 6.29 Å². The predicted octanol–water partition coefficient (Wildman–Crippen LogP) is 3.38. The summed E-state index contributed by atoms with van der Waals surface area (Å²) in [5.74, 6) is 0.926. The zero-order chi connectivity index (χ0) is 12.5. The van der Waals surface area contributed by atoms with Crippen LogP contribution < -0.4 is 0 Å². The summed E-state index contributed by atoms with van der Waals surface area (Å²) in [6, 6.07) is 0. The second-order valence-electron chi connectivity index (χ2n) is 7.17. The topological polar surface area (TPSA) is 18.5 Å².